The Hall–Kier alpha value is -3.04. The van der Waals surface area contributed by atoms with Crippen LogP contribution in [0.2, 0.25) is 5.02 Å². The van der Waals surface area contributed by atoms with Crippen LogP contribution in [0.5, 0.6) is 5.75 Å². The molecule has 3 nitrogen and oxygen atoms in total. The summed E-state index contributed by atoms with van der Waals surface area (Å²) < 4.78 is 7.27. The molecule has 4 aromatic rings. The van der Waals surface area contributed by atoms with Crippen LogP contribution < -0.4 is 4.74 Å². The summed E-state index contributed by atoms with van der Waals surface area (Å²) in [6.07, 6.45) is 5.86. The van der Waals surface area contributed by atoms with Crippen molar-refractivity contribution in [3.63, 3.8) is 0 Å². The van der Waals surface area contributed by atoms with Crippen molar-refractivity contribution in [2.75, 3.05) is 7.11 Å². The first-order chi connectivity index (χ1) is 13.1. The lowest BCUT2D eigenvalue weighted by Gasteiger charge is -2.05. The number of methoxy groups -OCH3 is 1. The molecule has 0 unspecified atom stereocenters. The first-order valence-corrected chi connectivity index (χ1v) is 9.02. The number of rotatable bonds is 4. The highest BCUT2D eigenvalue weighted by atomic mass is 35.5. The Morgan fingerprint density at radius 1 is 1.04 bits per heavy atom. The minimum Gasteiger partial charge on any atom is -0.497 e. The standard InChI is InChI=1S/C23H19ClN2O/c1-15(2)26-22-11-8-17(5-4-16-6-9-19(27-3)10-7-16)12-20(22)21-13-18(24)14-25-23(21)26/h4-14H,1H2,2-3H3. The highest BCUT2D eigenvalue weighted by Crippen LogP contribution is 2.32. The monoisotopic (exact) mass is 374 g/mol. The predicted molar refractivity (Wildman–Crippen MR) is 115 cm³/mol. The lowest BCUT2D eigenvalue weighted by Crippen LogP contribution is -1.93. The Kier molecular flexibility index (Phi) is 4.46. The van der Waals surface area contributed by atoms with E-state index < -0.39 is 0 Å². The van der Waals surface area contributed by atoms with E-state index in [9.17, 15) is 0 Å². The van der Waals surface area contributed by atoms with E-state index in [2.05, 4.69) is 46.5 Å². The third kappa shape index (κ3) is 3.22. The summed E-state index contributed by atoms with van der Waals surface area (Å²) in [5.41, 5.74) is 5.10. The molecule has 0 radical (unpaired) electrons. The Morgan fingerprint density at radius 3 is 2.44 bits per heavy atom. The molecule has 0 fully saturated rings. The molecule has 27 heavy (non-hydrogen) atoms. The molecule has 0 amide bonds. The van der Waals surface area contributed by atoms with E-state index >= 15 is 0 Å². The second kappa shape index (κ2) is 6.93. The van der Waals surface area contributed by atoms with Crippen molar-refractivity contribution < 1.29 is 4.74 Å². The van der Waals surface area contributed by atoms with Gasteiger partial charge in [0.05, 0.1) is 17.6 Å². The highest BCUT2D eigenvalue weighted by molar-refractivity contribution is 6.31. The van der Waals surface area contributed by atoms with Crippen molar-refractivity contribution in [3.05, 3.63) is 77.5 Å². The van der Waals surface area contributed by atoms with Crippen LogP contribution in [0.3, 0.4) is 0 Å². The Morgan fingerprint density at radius 2 is 1.74 bits per heavy atom. The lowest BCUT2D eigenvalue weighted by atomic mass is 10.1. The number of hydrogen-bond donors (Lipinski definition) is 0. The molecule has 0 atom stereocenters. The maximum Gasteiger partial charge on any atom is 0.145 e. The van der Waals surface area contributed by atoms with E-state index in [0.717, 1.165) is 44.5 Å². The predicted octanol–water partition coefficient (Wildman–Crippen LogP) is 6.51. The number of hydrogen-bond acceptors (Lipinski definition) is 2. The maximum atomic E-state index is 6.20. The van der Waals surface area contributed by atoms with Crippen molar-refractivity contribution in [2.45, 2.75) is 6.92 Å². The molecular formula is C23H19ClN2O. The molecule has 0 bridgehead atoms. The van der Waals surface area contributed by atoms with Crippen LogP contribution in [-0.2, 0) is 0 Å². The van der Waals surface area contributed by atoms with Crippen LogP contribution in [0.15, 0.2) is 61.3 Å². The number of nitrogens with zero attached hydrogens (tertiary/aromatic N) is 2. The van der Waals surface area contributed by atoms with Crippen LogP contribution in [-0.4, -0.2) is 16.7 Å². The summed E-state index contributed by atoms with van der Waals surface area (Å²) in [7, 11) is 1.67. The summed E-state index contributed by atoms with van der Waals surface area (Å²) in [4.78, 5) is 4.52. The van der Waals surface area contributed by atoms with E-state index in [4.69, 9.17) is 16.3 Å². The van der Waals surface area contributed by atoms with Gasteiger partial charge in [-0.2, -0.15) is 0 Å². The number of benzene rings is 2. The van der Waals surface area contributed by atoms with Crippen LogP contribution in [0.1, 0.15) is 18.1 Å². The van der Waals surface area contributed by atoms with Gasteiger partial charge in [-0.3, -0.25) is 4.57 Å². The van der Waals surface area contributed by atoms with Crippen LogP contribution in [0.4, 0.5) is 0 Å². The average molecular weight is 375 g/mol. The molecule has 0 aliphatic rings. The number of halogens is 1. The minimum absolute atomic E-state index is 0.627. The summed E-state index contributed by atoms with van der Waals surface area (Å²) in [5.74, 6) is 0.852. The number of ether oxygens (including phenoxy) is 1. The summed E-state index contributed by atoms with van der Waals surface area (Å²) in [6, 6.07) is 16.3. The van der Waals surface area contributed by atoms with Gasteiger partial charge in [-0.1, -0.05) is 48.5 Å². The van der Waals surface area contributed by atoms with E-state index in [1.165, 1.54) is 0 Å². The molecule has 134 valence electrons. The summed E-state index contributed by atoms with van der Waals surface area (Å²) in [5, 5.41) is 2.77. The average Bonchev–Trinajstić information content (AvgIpc) is 3.00. The van der Waals surface area contributed by atoms with E-state index in [-0.39, 0.29) is 0 Å². The van der Waals surface area contributed by atoms with Gasteiger partial charge in [0.1, 0.15) is 11.4 Å². The number of pyridine rings is 1. The number of allylic oxidation sites excluding steroid dienone is 1. The zero-order valence-corrected chi connectivity index (χ0v) is 16.0. The van der Waals surface area contributed by atoms with Crippen molar-refractivity contribution >= 4 is 51.4 Å². The SMILES string of the molecule is C=C(C)n1c2ccc(C=Cc3ccc(OC)cc3)cc2c2cc(Cl)cnc21. The molecule has 2 heterocycles. The van der Waals surface area contributed by atoms with Gasteiger partial charge >= 0.3 is 0 Å². The second-order valence-electron chi connectivity index (χ2n) is 6.48. The van der Waals surface area contributed by atoms with Gasteiger partial charge in [0.25, 0.3) is 0 Å². The van der Waals surface area contributed by atoms with E-state index in [1.807, 2.05) is 37.3 Å². The number of aromatic nitrogens is 2. The fourth-order valence-electron chi connectivity index (χ4n) is 3.28. The molecule has 0 aliphatic heterocycles. The molecular weight excluding hydrogens is 356 g/mol. The van der Waals surface area contributed by atoms with Crippen LogP contribution >= 0.6 is 11.6 Å². The second-order valence-corrected chi connectivity index (χ2v) is 6.91. The maximum absolute atomic E-state index is 6.20. The van der Waals surface area contributed by atoms with Crippen LogP contribution in [0, 0.1) is 0 Å². The van der Waals surface area contributed by atoms with Gasteiger partial charge in [-0.15, -0.1) is 0 Å². The highest BCUT2D eigenvalue weighted by Gasteiger charge is 2.13. The third-order valence-corrected chi connectivity index (χ3v) is 4.77. The number of fused-ring (bicyclic) bond motifs is 3. The molecule has 0 N–H and O–H groups in total. The molecule has 0 saturated heterocycles. The zero-order chi connectivity index (χ0) is 19.0. The Labute approximate surface area is 163 Å². The molecule has 4 rings (SSSR count). The molecule has 2 aromatic carbocycles. The van der Waals surface area contributed by atoms with E-state index in [0.29, 0.717) is 5.02 Å². The topological polar surface area (TPSA) is 27.1 Å². The normalized spacial score (nSPS) is 11.5. The molecule has 0 aliphatic carbocycles. The Bertz CT molecular complexity index is 1190. The van der Waals surface area contributed by atoms with Gasteiger partial charge in [-0.05, 0) is 48.4 Å². The molecule has 4 heteroatoms. The summed E-state index contributed by atoms with van der Waals surface area (Å²) >= 11 is 6.20. The smallest absolute Gasteiger partial charge is 0.145 e. The molecule has 0 saturated carbocycles. The van der Waals surface area contributed by atoms with Gasteiger partial charge in [0.15, 0.2) is 0 Å². The van der Waals surface area contributed by atoms with Gasteiger partial charge in [0, 0.05) is 22.7 Å². The fourth-order valence-corrected chi connectivity index (χ4v) is 3.44. The Balaban J connectivity index is 1.81. The van der Waals surface area contributed by atoms with Crippen LogP contribution in [0.25, 0.3) is 39.8 Å². The largest absolute Gasteiger partial charge is 0.497 e. The molecule has 0 spiro atoms. The van der Waals surface area contributed by atoms with Gasteiger partial charge in [-0.25, -0.2) is 4.98 Å². The van der Waals surface area contributed by atoms with E-state index in [1.54, 1.807) is 13.3 Å². The lowest BCUT2D eigenvalue weighted by molar-refractivity contribution is 0.415. The van der Waals surface area contributed by atoms with Gasteiger partial charge < -0.3 is 4.74 Å². The third-order valence-electron chi connectivity index (χ3n) is 4.56. The van der Waals surface area contributed by atoms with Gasteiger partial charge in [0.2, 0.25) is 0 Å². The van der Waals surface area contributed by atoms with Crippen molar-refractivity contribution in [1.29, 1.82) is 0 Å². The summed E-state index contributed by atoms with van der Waals surface area (Å²) in [6.45, 7) is 6.08. The molecule has 2 aromatic heterocycles. The minimum atomic E-state index is 0.627. The first kappa shape index (κ1) is 17.4. The van der Waals surface area contributed by atoms with Crippen molar-refractivity contribution in [2.24, 2.45) is 0 Å². The quantitative estimate of drug-likeness (QED) is 0.380. The fraction of sp³-hybridized carbons (Fsp3) is 0.0870. The van der Waals surface area contributed by atoms with Crippen molar-refractivity contribution in [3.8, 4) is 5.75 Å². The van der Waals surface area contributed by atoms with Crippen molar-refractivity contribution in [1.82, 2.24) is 9.55 Å². The first-order valence-electron chi connectivity index (χ1n) is 8.64. The zero-order valence-electron chi connectivity index (χ0n) is 15.2.